The molecule has 0 spiro atoms. The zero-order chi connectivity index (χ0) is 60.2. The van der Waals surface area contributed by atoms with Gasteiger partial charge in [-0.1, -0.05) is 266 Å². The summed E-state index contributed by atoms with van der Waals surface area (Å²) in [6.45, 7) is 0. The van der Waals surface area contributed by atoms with E-state index < -0.39 is 0 Å². The molecule has 0 amide bonds. The number of aromatic nitrogens is 4. The Morgan fingerprint density at radius 1 is 0.152 bits per heavy atom. The van der Waals surface area contributed by atoms with Crippen molar-refractivity contribution in [2.24, 2.45) is 0 Å². The van der Waals surface area contributed by atoms with E-state index in [4.69, 9.17) is 0 Å². The second-order valence-electron chi connectivity index (χ2n) is 24.8. The monoisotopic (exact) mass is 1210 g/mol. The third-order valence-electron chi connectivity index (χ3n) is 20.3. The van der Waals surface area contributed by atoms with Gasteiger partial charge in [0, 0.05) is 43.1 Å². The predicted molar refractivity (Wildman–Crippen MR) is 394 cm³/mol. The third-order valence-corrected chi connectivity index (χ3v) is 21.0. The van der Waals surface area contributed by atoms with Gasteiger partial charge >= 0.3 is 0 Å². The molecule has 6 heteroatoms. The van der Waals surface area contributed by atoms with Crippen LogP contribution in [-0.2, 0) is 0 Å². The molecule has 92 heavy (non-hydrogen) atoms. The molecule has 0 N–H and O–H groups in total. The van der Waals surface area contributed by atoms with Crippen molar-refractivity contribution < 1.29 is 0 Å². The average Bonchev–Trinajstić information content (AvgIpc) is 1.39. The molecule has 4 nitrogen and oxygen atoms in total. The van der Waals surface area contributed by atoms with E-state index in [0.29, 0.717) is 10.0 Å². The molecule has 4 aromatic heterocycles. The number of fused-ring (bicyclic) bond motifs is 4. The molecule has 21 rings (SSSR count). The molecule has 21 aromatic rings. The highest BCUT2D eigenvalue weighted by molar-refractivity contribution is 6.42. The van der Waals surface area contributed by atoms with Gasteiger partial charge in [-0.25, -0.2) is 0 Å². The first-order valence-electron chi connectivity index (χ1n) is 31.5. The Labute approximate surface area is 535 Å². The summed E-state index contributed by atoms with van der Waals surface area (Å²) < 4.78 is 9.94. The first kappa shape index (κ1) is 50.5. The third kappa shape index (κ3) is 6.56. The lowest BCUT2D eigenvalue weighted by Gasteiger charge is -2.29. The van der Waals surface area contributed by atoms with Gasteiger partial charge in [-0.05, 0) is 135 Å². The van der Waals surface area contributed by atoms with Gasteiger partial charge in [0.2, 0.25) is 0 Å². The zero-order valence-corrected chi connectivity index (χ0v) is 50.8. The summed E-state index contributed by atoms with van der Waals surface area (Å²) >= 11 is 19.1. The van der Waals surface area contributed by atoms with E-state index in [0.717, 1.165) is 196 Å². The lowest BCUT2D eigenvalue weighted by molar-refractivity contribution is 1.04. The molecule has 0 aliphatic carbocycles. The standard InChI is InChI=1S/C86H48Cl2N4/c87-81-83(89-65-41-9-25-49-17-1-33-57(73(49)65)58-34-2-18-50-26-10-42-66(89)74(50)58)84(90-67-43-11-27-51-19-3-35-59(75(51)67)60-36-4-20-52-28-12-44-68(90)76(52)60)82(88)86(92-71-47-15-31-55-23-7-39-63(79(55)71)64-40-8-24-56-32-16-48-72(92)80(56)64)85(81)91-69-45-13-29-53-21-5-37-61(77(53)69)62-38-6-22-54-30-14-46-70(91)78(54)62/h1-48H. The number of benzene rings is 17. The topological polar surface area (TPSA) is 19.7 Å². The van der Waals surface area contributed by atoms with E-state index in [1.807, 2.05) is 0 Å². The van der Waals surface area contributed by atoms with Crippen molar-refractivity contribution in [3.63, 3.8) is 0 Å². The summed E-state index contributed by atoms with van der Waals surface area (Å²) in [4.78, 5) is 0. The van der Waals surface area contributed by atoms with Gasteiger partial charge in [0.15, 0.2) is 0 Å². The Bertz CT molecular complexity index is 5670. The molecule has 0 unspecified atom stereocenters. The molecule has 0 bridgehead atoms. The molecule has 4 heterocycles. The molecule has 0 aliphatic heterocycles. The Morgan fingerprint density at radius 3 is 0.402 bits per heavy atom. The van der Waals surface area contributed by atoms with Gasteiger partial charge in [0.25, 0.3) is 0 Å². The molecular weight excluding hydrogens is 1160 g/mol. The fourth-order valence-electron chi connectivity index (χ4n) is 16.8. The molecular formula is C86H48Cl2N4. The molecule has 426 valence electrons. The first-order chi connectivity index (χ1) is 45.6. The Morgan fingerprint density at radius 2 is 0.272 bits per heavy atom. The fraction of sp³-hybridized carbons (Fsp3) is 0. The highest BCUT2D eigenvalue weighted by Gasteiger charge is 2.33. The Hall–Kier alpha value is -11.4. The summed E-state index contributed by atoms with van der Waals surface area (Å²) in [5.74, 6) is 0. The van der Waals surface area contributed by atoms with Gasteiger partial charge in [-0.3, -0.25) is 0 Å². The highest BCUT2D eigenvalue weighted by Crippen LogP contribution is 2.53. The van der Waals surface area contributed by atoms with Crippen molar-refractivity contribution >= 4 is 197 Å². The average molecular weight is 1210 g/mol. The van der Waals surface area contributed by atoms with Gasteiger partial charge < -0.3 is 18.3 Å². The summed E-state index contributed by atoms with van der Waals surface area (Å²) in [7, 11) is 0. The predicted octanol–water partition coefficient (Wildman–Crippen LogP) is 24.6. The lowest BCUT2D eigenvalue weighted by atomic mass is 10.00. The van der Waals surface area contributed by atoms with Crippen molar-refractivity contribution in [1.82, 2.24) is 18.3 Å². The minimum absolute atomic E-state index is 0.506. The fourth-order valence-corrected chi connectivity index (χ4v) is 17.5. The van der Waals surface area contributed by atoms with E-state index in [1.54, 1.807) is 0 Å². The van der Waals surface area contributed by atoms with Gasteiger partial charge in [0.1, 0.15) is 0 Å². The van der Waals surface area contributed by atoms with Crippen LogP contribution in [0.15, 0.2) is 291 Å². The van der Waals surface area contributed by atoms with Crippen LogP contribution in [0.4, 0.5) is 0 Å². The Kier molecular flexibility index (Phi) is 10.2. The van der Waals surface area contributed by atoms with Gasteiger partial charge in [-0.15, -0.1) is 0 Å². The SMILES string of the molecule is Clc1c(-n2c3cccc4cccc(c5cccc6cccc2c65)c43)c(-n2c3cccc4cccc(c5cccc6cccc2c65)c43)c(Cl)c(-n2c3cccc4cccc(c5cccc6cccc2c65)c43)c1-n1c2cccc3cccc(c4cccc5cccc1c54)c32. The molecule has 0 fully saturated rings. The van der Waals surface area contributed by atoms with Crippen LogP contribution in [0.1, 0.15) is 0 Å². The van der Waals surface area contributed by atoms with E-state index in [9.17, 15) is 23.2 Å². The molecule has 17 aromatic carbocycles. The molecule has 0 saturated carbocycles. The highest BCUT2D eigenvalue weighted by atomic mass is 35.5. The maximum absolute atomic E-state index is 9.55. The van der Waals surface area contributed by atoms with Crippen LogP contribution in [0.25, 0.3) is 196 Å². The lowest BCUT2D eigenvalue weighted by Crippen LogP contribution is -2.15. The van der Waals surface area contributed by atoms with Gasteiger partial charge in [0.05, 0.1) is 76.9 Å². The number of hydrogen-bond acceptors (Lipinski definition) is 0. The van der Waals surface area contributed by atoms with Crippen LogP contribution >= 0.6 is 23.2 Å². The normalized spacial score (nSPS) is 12.5. The number of nitrogens with zero attached hydrogens (tertiary/aromatic N) is 4. The van der Waals surface area contributed by atoms with Crippen molar-refractivity contribution in [2.45, 2.75) is 0 Å². The molecule has 0 aliphatic rings. The molecule has 0 atom stereocenters. The van der Waals surface area contributed by atoms with E-state index >= 15 is 0 Å². The molecule has 0 radical (unpaired) electrons. The van der Waals surface area contributed by atoms with Crippen molar-refractivity contribution in [2.75, 3.05) is 0 Å². The number of halogens is 2. The van der Waals surface area contributed by atoms with Crippen LogP contribution in [0.3, 0.4) is 0 Å². The smallest absolute Gasteiger partial charge is 0.0931 e. The van der Waals surface area contributed by atoms with Crippen LogP contribution in [0.2, 0.25) is 10.0 Å². The second kappa shape index (κ2) is 18.6. The zero-order valence-electron chi connectivity index (χ0n) is 49.3. The quantitative estimate of drug-likeness (QED) is 0.167. The van der Waals surface area contributed by atoms with E-state index in [1.165, 1.54) is 0 Å². The summed E-state index contributed by atoms with van der Waals surface area (Å²) in [5.41, 5.74) is 10.8. The largest absolute Gasteiger partial charge is 0.306 e. The summed E-state index contributed by atoms with van der Waals surface area (Å²) in [5, 5.41) is 28.0. The van der Waals surface area contributed by atoms with Crippen LogP contribution in [0, 0.1) is 0 Å². The van der Waals surface area contributed by atoms with Crippen molar-refractivity contribution in [3.8, 4) is 22.7 Å². The van der Waals surface area contributed by atoms with Gasteiger partial charge in [-0.2, -0.15) is 0 Å². The maximum atomic E-state index is 9.55. The van der Waals surface area contributed by atoms with Crippen LogP contribution < -0.4 is 0 Å². The Balaban J connectivity index is 1.14. The number of rotatable bonds is 4. The van der Waals surface area contributed by atoms with Crippen molar-refractivity contribution in [3.05, 3.63) is 301 Å². The minimum atomic E-state index is 0.506. The van der Waals surface area contributed by atoms with Crippen molar-refractivity contribution in [1.29, 1.82) is 0 Å². The minimum Gasteiger partial charge on any atom is -0.306 e. The number of hydrogen-bond donors (Lipinski definition) is 0. The second-order valence-corrected chi connectivity index (χ2v) is 25.6. The summed E-state index contributed by atoms with van der Waals surface area (Å²) in [6.07, 6.45) is 0. The first-order valence-corrected chi connectivity index (χ1v) is 32.2. The van der Waals surface area contributed by atoms with E-state index in [2.05, 4.69) is 309 Å². The van der Waals surface area contributed by atoms with E-state index in [-0.39, 0.29) is 0 Å². The van der Waals surface area contributed by atoms with Crippen LogP contribution in [0.5, 0.6) is 0 Å². The summed E-state index contributed by atoms with van der Waals surface area (Å²) in [6, 6.07) is 108. The maximum Gasteiger partial charge on any atom is 0.0931 e. The van der Waals surface area contributed by atoms with Crippen LogP contribution in [-0.4, -0.2) is 18.3 Å². The molecule has 0 saturated heterocycles.